The van der Waals surface area contributed by atoms with Gasteiger partial charge in [-0.15, -0.1) is 11.8 Å². The molecule has 0 saturated carbocycles. The maximum absolute atomic E-state index is 13.7. The SMILES string of the molecule is CCC(C)NC(=O)C(Cc1ccccc1)N(Cc1ccccc1C)C(=O)CSCc1ccc(C)cc1. The number of aryl methyl sites for hydroxylation is 2. The highest BCUT2D eigenvalue weighted by atomic mass is 32.2. The highest BCUT2D eigenvalue weighted by Gasteiger charge is 2.31. The number of benzene rings is 3. The van der Waals surface area contributed by atoms with E-state index in [0.717, 1.165) is 28.9 Å². The molecule has 0 aliphatic carbocycles. The van der Waals surface area contributed by atoms with Crippen molar-refractivity contribution in [3.05, 3.63) is 107 Å². The number of nitrogens with one attached hydrogen (secondary N) is 1. The molecule has 0 heterocycles. The Morgan fingerprint density at radius 2 is 1.56 bits per heavy atom. The molecule has 2 atom stereocenters. The summed E-state index contributed by atoms with van der Waals surface area (Å²) in [6, 6.07) is 25.9. The minimum absolute atomic E-state index is 0.0180. The largest absolute Gasteiger partial charge is 0.352 e. The van der Waals surface area contributed by atoms with E-state index in [1.54, 1.807) is 16.7 Å². The smallest absolute Gasteiger partial charge is 0.243 e. The van der Waals surface area contributed by atoms with E-state index >= 15 is 0 Å². The van der Waals surface area contributed by atoms with Crippen molar-refractivity contribution in [1.29, 1.82) is 0 Å². The molecule has 0 spiro atoms. The number of hydrogen-bond donors (Lipinski definition) is 1. The Kier molecular flexibility index (Phi) is 10.6. The van der Waals surface area contributed by atoms with Gasteiger partial charge in [0.1, 0.15) is 6.04 Å². The molecular weight excluding hydrogens is 464 g/mol. The van der Waals surface area contributed by atoms with Gasteiger partial charge in [-0.1, -0.05) is 91.3 Å². The predicted molar refractivity (Wildman–Crippen MR) is 151 cm³/mol. The zero-order valence-corrected chi connectivity index (χ0v) is 22.7. The van der Waals surface area contributed by atoms with Crippen LogP contribution in [0.1, 0.15) is 48.1 Å². The zero-order chi connectivity index (χ0) is 25.9. The van der Waals surface area contributed by atoms with Gasteiger partial charge in [0.15, 0.2) is 0 Å². The van der Waals surface area contributed by atoms with Gasteiger partial charge in [0.05, 0.1) is 5.75 Å². The molecule has 0 fully saturated rings. The average molecular weight is 503 g/mol. The molecular formula is C31H38N2O2S. The number of carbonyl (C=O) groups excluding carboxylic acids is 2. The molecule has 190 valence electrons. The first-order chi connectivity index (χ1) is 17.4. The van der Waals surface area contributed by atoms with Crippen LogP contribution in [-0.2, 0) is 28.3 Å². The quantitative estimate of drug-likeness (QED) is 0.326. The highest BCUT2D eigenvalue weighted by molar-refractivity contribution is 7.99. The van der Waals surface area contributed by atoms with E-state index < -0.39 is 6.04 Å². The van der Waals surface area contributed by atoms with Crippen LogP contribution < -0.4 is 5.32 Å². The number of rotatable bonds is 12. The molecule has 0 aromatic heterocycles. The van der Waals surface area contributed by atoms with E-state index in [9.17, 15) is 9.59 Å². The van der Waals surface area contributed by atoms with Gasteiger partial charge in [-0.05, 0) is 49.4 Å². The van der Waals surface area contributed by atoms with Crippen LogP contribution in [0.25, 0.3) is 0 Å². The van der Waals surface area contributed by atoms with E-state index in [1.165, 1.54) is 11.1 Å². The third-order valence-corrected chi connectivity index (χ3v) is 7.48. The van der Waals surface area contributed by atoms with Crippen LogP contribution in [0.4, 0.5) is 0 Å². The lowest BCUT2D eigenvalue weighted by atomic mass is 10.0. The monoisotopic (exact) mass is 502 g/mol. The zero-order valence-electron chi connectivity index (χ0n) is 21.9. The molecule has 5 heteroatoms. The molecule has 0 aliphatic rings. The van der Waals surface area contributed by atoms with Gasteiger partial charge in [-0.25, -0.2) is 0 Å². The molecule has 1 N–H and O–H groups in total. The van der Waals surface area contributed by atoms with Crippen molar-refractivity contribution in [2.75, 3.05) is 5.75 Å². The van der Waals surface area contributed by atoms with E-state index in [2.05, 4.69) is 56.4 Å². The molecule has 0 bridgehead atoms. The van der Waals surface area contributed by atoms with Crippen molar-refractivity contribution in [1.82, 2.24) is 10.2 Å². The first-order valence-corrected chi connectivity index (χ1v) is 13.8. The summed E-state index contributed by atoms with van der Waals surface area (Å²) < 4.78 is 0. The fourth-order valence-electron chi connectivity index (χ4n) is 3.99. The van der Waals surface area contributed by atoms with Crippen LogP contribution in [0.15, 0.2) is 78.9 Å². The number of amides is 2. The summed E-state index contributed by atoms with van der Waals surface area (Å²) >= 11 is 1.59. The molecule has 2 unspecified atom stereocenters. The first-order valence-electron chi connectivity index (χ1n) is 12.7. The van der Waals surface area contributed by atoms with Crippen LogP contribution >= 0.6 is 11.8 Å². The minimum Gasteiger partial charge on any atom is -0.352 e. The molecule has 0 saturated heterocycles. The van der Waals surface area contributed by atoms with Gasteiger partial charge < -0.3 is 10.2 Å². The fourth-order valence-corrected chi connectivity index (χ4v) is 4.86. The van der Waals surface area contributed by atoms with Gasteiger partial charge in [0.2, 0.25) is 11.8 Å². The molecule has 0 aliphatic heterocycles. The second kappa shape index (κ2) is 13.9. The maximum atomic E-state index is 13.7. The maximum Gasteiger partial charge on any atom is 0.243 e. The van der Waals surface area contributed by atoms with E-state index in [4.69, 9.17) is 0 Å². The van der Waals surface area contributed by atoms with Crippen molar-refractivity contribution in [3.63, 3.8) is 0 Å². The Morgan fingerprint density at radius 1 is 0.889 bits per heavy atom. The summed E-state index contributed by atoms with van der Waals surface area (Å²) in [6.45, 7) is 8.58. The summed E-state index contributed by atoms with van der Waals surface area (Å²) in [7, 11) is 0. The van der Waals surface area contributed by atoms with Crippen LogP contribution in [0.5, 0.6) is 0 Å². The molecule has 3 rings (SSSR count). The minimum atomic E-state index is -0.589. The summed E-state index contributed by atoms with van der Waals surface area (Å²) in [5, 5.41) is 3.13. The molecule has 3 aromatic carbocycles. The van der Waals surface area contributed by atoms with Crippen LogP contribution in [0.3, 0.4) is 0 Å². The van der Waals surface area contributed by atoms with Crippen LogP contribution in [-0.4, -0.2) is 34.6 Å². The number of hydrogen-bond acceptors (Lipinski definition) is 3. The van der Waals surface area contributed by atoms with Gasteiger partial charge in [-0.3, -0.25) is 9.59 Å². The Morgan fingerprint density at radius 3 is 2.22 bits per heavy atom. The van der Waals surface area contributed by atoms with E-state index in [0.29, 0.717) is 18.7 Å². The Balaban J connectivity index is 1.86. The van der Waals surface area contributed by atoms with Crippen molar-refractivity contribution >= 4 is 23.6 Å². The lowest BCUT2D eigenvalue weighted by molar-refractivity contribution is -0.139. The van der Waals surface area contributed by atoms with Crippen molar-refractivity contribution in [3.8, 4) is 0 Å². The van der Waals surface area contributed by atoms with Gasteiger partial charge >= 0.3 is 0 Å². The van der Waals surface area contributed by atoms with Gasteiger partial charge in [-0.2, -0.15) is 0 Å². The topological polar surface area (TPSA) is 49.4 Å². The number of nitrogens with zero attached hydrogens (tertiary/aromatic N) is 1. The average Bonchev–Trinajstić information content (AvgIpc) is 2.88. The summed E-state index contributed by atoms with van der Waals surface area (Å²) in [5.41, 5.74) is 5.63. The standard InChI is InChI=1S/C31H38N2O2S/c1-5-25(4)32-31(35)29(19-26-12-7-6-8-13-26)33(20-28-14-10-9-11-24(28)3)30(34)22-36-21-27-17-15-23(2)16-18-27/h6-18,25,29H,5,19-22H2,1-4H3,(H,32,35). The van der Waals surface area contributed by atoms with Crippen molar-refractivity contribution < 1.29 is 9.59 Å². The van der Waals surface area contributed by atoms with Crippen LogP contribution in [0.2, 0.25) is 0 Å². The number of carbonyl (C=O) groups is 2. The molecule has 0 radical (unpaired) electrons. The molecule has 2 amide bonds. The highest BCUT2D eigenvalue weighted by Crippen LogP contribution is 2.20. The van der Waals surface area contributed by atoms with Crippen molar-refractivity contribution in [2.24, 2.45) is 0 Å². The third-order valence-electron chi connectivity index (χ3n) is 6.49. The van der Waals surface area contributed by atoms with Crippen LogP contribution in [0, 0.1) is 13.8 Å². The van der Waals surface area contributed by atoms with E-state index in [-0.39, 0.29) is 17.9 Å². The Bertz CT molecular complexity index is 1110. The lowest BCUT2D eigenvalue weighted by Gasteiger charge is -2.32. The predicted octanol–water partition coefficient (Wildman–Crippen LogP) is 6.09. The third kappa shape index (κ3) is 8.27. The summed E-state index contributed by atoms with van der Waals surface area (Å²) in [4.78, 5) is 29.1. The second-order valence-corrected chi connectivity index (χ2v) is 10.4. The summed E-state index contributed by atoms with van der Waals surface area (Å²) in [5.74, 6) is 0.961. The van der Waals surface area contributed by atoms with Crippen molar-refractivity contribution in [2.45, 2.75) is 64.9 Å². The lowest BCUT2D eigenvalue weighted by Crippen LogP contribution is -2.52. The fraction of sp³-hybridized carbons (Fsp3) is 0.355. The molecule has 4 nitrogen and oxygen atoms in total. The number of thioether (sulfide) groups is 1. The Hall–Kier alpha value is -3.05. The molecule has 3 aromatic rings. The normalized spacial score (nSPS) is 12.6. The second-order valence-electron chi connectivity index (χ2n) is 9.45. The first kappa shape index (κ1) is 27.5. The van der Waals surface area contributed by atoms with E-state index in [1.807, 2.05) is 55.5 Å². The molecule has 36 heavy (non-hydrogen) atoms. The van der Waals surface area contributed by atoms with Gasteiger partial charge in [0, 0.05) is 24.8 Å². The summed E-state index contributed by atoms with van der Waals surface area (Å²) in [6.07, 6.45) is 1.31. The van der Waals surface area contributed by atoms with Gasteiger partial charge in [0.25, 0.3) is 0 Å². The Labute approximate surface area is 220 Å².